The molecule has 126 valence electrons. The first-order valence-electron chi connectivity index (χ1n) is 8.73. The fraction of sp³-hybridized carbons (Fsp3) is 0.700. The van der Waals surface area contributed by atoms with E-state index in [4.69, 9.17) is 0 Å². The van der Waals surface area contributed by atoms with Gasteiger partial charge in [0.25, 0.3) is 0 Å². The minimum Gasteiger partial charge on any atom is -0.385 e. The molecule has 3 heteroatoms. The average molecular weight is 316 g/mol. The quantitative estimate of drug-likeness (QED) is 0.807. The van der Waals surface area contributed by atoms with Crippen molar-refractivity contribution in [3.63, 3.8) is 0 Å². The van der Waals surface area contributed by atoms with E-state index in [1.54, 1.807) is 12.2 Å². The van der Waals surface area contributed by atoms with E-state index >= 15 is 0 Å². The van der Waals surface area contributed by atoms with Gasteiger partial charge in [0.2, 0.25) is 0 Å². The predicted molar refractivity (Wildman–Crippen MR) is 89.7 cm³/mol. The molecule has 6 atom stereocenters. The van der Waals surface area contributed by atoms with Gasteiger partial charge in [-0.25, -0.2) is 0 Å². The fourth-order valence-electron chi connectivity index (χ4n) is 6.05. The van der Waals surface area contributed by atoms with E-state index in [1.165, 1.54) is 0 Å². The van der Waals surface area contributed by atoms with Crippen molar-refractivity contribution in [2.75, 3.05) is 0 Å². The second kappa shape index (κ2) is 5.14. The van der Waals surface area contributed by atoms with Gasteiger partial charge in [0.15, 0.2) is 11.6 Å². The van der Waals surface area contributed by atoms with Crippen molar-refractivity contribution in [3.8, 4) is 0 Å². The number of hydrogen-bond donors (Lipinski definition) is 1. The van der Waals surface area contributed by atoms with Gasteiger partial charge < -0.3 is 5.11 Å². The maximum Gasteiger partial charge on any atom is 0.162 e. The molecule has 1 N–H and O–H groups in total. The van der Waals surface area contributed by atoms with Crippen molar-refractivity contribution in [1.82, 2.24) is 0 Å². The summed E-state index contributed by atoms with van der Waals surface area (Å²) in [5, 5.41) is 10.4. The number of aliphatic hydroxyl groups excluding tert-OH is 1. The van der Waals surface area contributed by atoms with Crippen LogP contribution in [0.15, 0.2) is 24.3 Å². The Labute approximate surface area is 138 Å². The van der Waals surface area contributed by atoms with E-state index < -0.39 is 11.5 Å². The summed E-state index contributed by atoms with van der Waals surface area (Å²) in [5.74, 6) is 0.705. The van der Waals surface area contributed by atoms with E-state index in [2.05, 4.69) is 20.4 Å². The first-order valence-corrected chi connectivity index (χ1v) is 8.73. The number of rotatable bonds is 1. The Morgan fingerprint density at radius 1 is 1.26 bits per heavy atom. The number of carbonyl (C=O) groups excluding carboxylic acids is 2. The summed E-state index contributed by atoms with van der Waals surface area (Å²) in [6.45, 7) is 12.1. The third-order valence-corrected chi connectivity index (χ3v) is 7.21. The molecule has 3 aliphatic rings. The molecule has 23 heavy (non-hydrogen) atoms. The van der Waals surface area contributed by atoms with Crippen LogP contribution < -0.4 is 0 Å². The van der Waals surface area contributed by atoms with Crippen LogP contribution in [0.25, 0.3) is 0 Å². The molecule has 3 rings (SSSR count). The van der Waals surface area contributed by atoms with Gasteiger partial charge in [-0.3, -0.25) is 9.59 Å². The van der Waals surface area contributed by atoms with Crippen molar-refractivity contribution in [3.05, 3.63) is 24.3 Å². The molecule has 0 saturated heterocycles. The number of fused-ring (bicyclic) bond motifs is 3. The van der Waals surface area contributed by atoms with Crippen LogP contribution in [0.5, 0.6) is 0 Å². The lowest BCUT2D eigenvalue weighted by Crippen LogP contribution is -2.62. The first-order chi connectivity index (χ1) is 10.6. The zero-order chi connectivity index (χ0) is 17.2. The molecule has 3 nitrogen and oxygen atoms in total. The third-order valence-electron chi connectivity index (χ3n) is 7.21. The Balaban J connectivity index is 2.09. The van der Waals surface area contributed by atoms with Crippen molar-refractivity contribution in [2.24, 2.45) is 34.5 Å². The van der Waals surface area contributed by atoms with Gasteiger partial charge in [0, 0.05) is 17.8 Å². The van der Waals surface area contributed by atoms with Crippen LogP contribution in [0.2, 0.25) is 0 Å². The second-order valence-corrected chi connectivity index (χ2v) is 8.68. The standard InChI is InChI=1S/C20H28O3/c1-6-12-9-14(21)17-13(11(12)2)7-8-16-19(3,4)18(23)15(22)10-20(16,17)5/h6,9,11,13,16-18,23H,1,7-8,10H2,2-5H3/t11-,13?,16-,17+,18-,20-/m1/s1. The van der Waals surface area contributed by atoms with Gasteiger partial charge in [-0.1, -0.05) is 40.3 Å². The van der Waals surface area contributed by atoms with Crippen molar-refractivity contribution >= 4 is 11.6 Å². The van der Waals surface area contributed by atoms with Crippen molar-refractivity contribution in [1.29, 1.82) is 0 Å². The number of allylic oxidation sites excluding steroid dienone is 3. The molecular formula is C20H28O3. The maximum atomic E-state index is 12.9. The number of Topliss-reactive ketones (excluding diaryl/α,β-unsaturated/α-hetero) is 1. The van der Waals surface area contributed by atoms with Crippen LogP contribution in [0.3, 0.4) is 0 Å². The molecule has 0 heterocycles. The molecule has 0 spiro atoms. The van der Waals surface area contributed by atoms with Crippen LogP contribution in [0, 0.1) is 34.5 Å². The SMILES string of the molecule is C=CC1=CC(=O)[C@@H]2C(CC[C@@H]3C(C)(C)[C@H](O)C(=O)C[C@@]23C)[C@@H]1C. The number of carbonyl (C=O) groups is 2. The van der Waals surface area contributed by atoms with Gasteiger partial charge in [-0.05, 0) is 47.7 Å². The van der Waals surface area contributed by atoms with Crippen molar-refractivity contribution < 1.29 is 14.7 Å². The Morgan fingerprint density at radius 2 is 1.91 bits per heavy atom. The maximum absolute atomic E-state index is 12.9. The summed E-state index contributed by atoms with van der Waals surface area (Å²) >= 11 is 0. The molecule has 0 aromatic carbocycles. The molecular weight excluding hydrogens is 288 g/mol. The Bertz CT molecular complexity index is 600. The van der Waals surface area contributed by atoms with Crippen LogP contribution in [0.1, 0.15) is 47.0 Å². The highest BCUT2D eigenvalue weighted by molar-refractivity contribution is 5.96. The van der Waals surface area contributed by atoms with Crippen LogP contribution >= 0.6 is 0 Å². The van der Waals surface area contributed by atoms with Gasteiger partial charge >= 0.3 is 0 Å². The topological polar surface area (TPSA) is 54.4 Å². The van der Waals surface area contributed by atoms with Gasteiger partial charge in [0.05, 0.1) is 0 Å². The van der Waals surface area contributed by atoms with E-state index in [0.717, 1.165) is 18.4 Å². The van der Waals surface area contributed by atoms with Crippen LogP contribution in [-0.4, -0.2) is 22.8 Å². The average Bonchev–Trinajstić information content (AvgIpc) is 2.47. The molecule has 0 amide bonds. The molecule has 0 aliphatic heterocycles. The molecule has 0 aromatic rings. The van der Waals surface area contributed by atoms with Gasteiger partial charge in [-0.15, -0.1) is 0 Å². The molecule has 0 aromatic heterocycles. The minimum absolute atomic E-state index is 0.103. The number of ketones is 2. The summed E-state index contributed by atoms with van der Waals surface area (Å²) < 4.78 is 0. The molecule has 1 unspecified atom stereocenters. The predicted octanol–water partition coefficient (Wildman–Crippen LogP) is 3.33. The highest BCUT2D eigenvalue weighted by Gasteiger charge is 2.62. The van der Waals surface area contributed by atoms with Gasteiger partial charge in [-0.2, -0.15) is 0 Å². The second-order valence-electron chi connectivity index (χ2n) is 8.68. The highest BCUT2D eigenvalue weighted by atomic mass is 16.3. The van der Waals surface area contributed by atoms with Crippen LogP contribution in [0.4, 0.5) is 0 Å². The summed E-state index contributed by atoms with van der Waals surface area (Å²) in [4.78, 5) is 25.4. The summed E-state index contributed by atoms with van der Waals surface area (Å²) in [7, 11) is 0. The summed E-state index contributed by atoms with van der Waals surface area (Å²) in [5.41, 5.74) is 0.206. The summed E-state index contributed by atoms with van der Waals surface area (Å²) in [6.07, 6.45) is 4.90. The lowest BCUT2D eigenvalue weighted by Gasteiger charge is -2.60. The lowest BCUT2D eigenvalue weighted by molar-refractivity contribution is -0.175. The Hall–Kier alpha value is -1.22. The van der Waals surface area contributed by atoms with E-state index in [-0.39, 0.29) is 34.7 Å². The molecule has 0 radical (unpaired) electrons. The molecule has 0 bridgehead atoms. The Kier molecular flexibility index (Phi) is 3.72. The third kappa shape index (κ3) is 2.12. The summed E-state index contributed by atoms with van der Waals surface area (Å²) in [6, 6.07) is 0. The monoisotopic (exact) mass is 316 g/mol. The minimum atomic E-state index is -0.910. The highest BCUT2D eigenvalue weighted by Crippen LogP contribution is 2.62. The zero-order valence-electron chi connectivity index (χ0n) is 14.6. The Morgan fingerprint density at radius 3 is 2.52 bits per heavy atom. The largest absolute Gasteiger partial charge is 0.385 e. The first kappa shape index (κ1) is 16.6. The lowest BCUT2D eigenvalue weighted by atomic mass is 9.43. The molecule has 2 fully saturated rings. The molecule has 2 saturated carbocycles. The van der Waals surface area contributed by atoms with E-state index in [9.17, 15) is 14.7 Å². The number of aliphatic hydroxyl groups is 1. The van der Waals surface area contributed by atoms with Gasteiger partial charge in [0.1, 0.15) is 6.10 Å². The van der Waals surface area contributed by atoms with E-state index in [0.29, 0.717) is 12.3 Å². The van der Waals surface area contributed by atoms with Crippen molar-refractivity contribution in [2.45, 2.75) is 53.1 Å². The van der Waals surface area contributed by atoms with E-state index in [1.807, 2.05) is 13.8 Å². The zero-order valence-corrected chi connectivity index (χ0v) is 14.6. The fourth-order valence-corrected chi connectivity index (χ4v) is 6.05. The molecule has 3 aliphatic carbocycles. The smallest absolute Gasteiger partial charge is 0.162 e. The number of hydrogen-bond acceptors (Lipinski definition) is 3. The van der Waals surface area contributed by atoms with Crippen LogP contribution in [-0.2, 0) is 9.59 Å². The normalized spacial score (nSPS) is 45.8.